The van der Waals surface area contributed by atoms with Crippen molar-refractivity contribution < 1.29 is 0 Å². The summed E-state index contributed by atoms with van der Waals surface area (Å²) in [5.74, 6) is 0. The molecule has 0 radical (unpaired) electrons. The predicted molar refractivity (Wildman–Crippen MR) is 70.2 cm³/mol. The Labute approximate surface area is 93.5 Å². The first-order chi connectivity index (χ1) is 7.35. The number of para-hydroxylation sites is 1. The molecule has 0 heterocycles. The van der Waals surface area contributed by atoms with Crippen molar-refractivity contribution in [1.29, 1.82) is 0 Å². The molecule has 0 aliphatic rings. The van der Waals surface area contributed by atoms with Gasteiger partial charge in [-0.15, -0.1) is 6.58 Å². The van der Waals surface area contributed by atoms with E-state index in [1.165, 1.54) is 5.69 Å². The van der Waals surface area contributed by atoms with Gasteiger partial charge in [0, 0.05) is 12.2 Å². The minimum atomic E-state index is 0.903. The summed E-state index contributed by atoms with van der Waals surface area (Å²) in [5, 5.41) is 3.26. The quantitative estimate of drug-likeness (QED) is 0.721. The highest BCUT2D eigenvalue weighted by molar-refractivity contribution is 5.42. The summed E-state index contributed by atoms with van der Waals surface area (Å²) >= 11 is 0. The standard InChI is InChI=1S/C10H13N.C4H8/c1-2-3-9-11-10-7-5-4-6-8-10;1-3-4-2/h2-8,11H,9H2,1H3;3H,1,4H2,2H3/b3-2-;. The Balaban J connectivity index is 0.000000423. The molecular formula is C14H21N. The second-order valence-corrected chi connectivity index (χ2v) is 3.01. The number of nitrogens with one attached hydrogen (secondary N) is 1. The molecule has 0 aliphatic heterocycles. The molecule has 0 aliphatic carbocycles. The Kier molecular flexibility index (Phi) is 9.52. The molecule has 0 fully saturated rings. The molecule has 1 aromatic rings. The Hall–Kier alpha value is -1.50. The Bertz CT molecular complexity index is 262. The van der Waals surface area contributed by atoms with E-state index in [4.69, 9.17) is 0 Å². The van der Waals surface area contributed by atoms with E-state index >= 15 is 0 Å². The summed E-state index contributed by atoms with van der Waals surface area (Å²) < 4.78 is 0. The zero-order chi connectivity index (χ0) is 11.4. The molecule has 0 amide bonds. The van der Waals surface area contributed by atoms with Crippen molar-refractivity contribution in [2.24, 2.45) is 0 Å². The van der Waals surface area contributed by atoms with Crippen LogP contribution in [0, 0.1) is 0 Å². The van der Waals surface area contributed by atoms with Gasteiger partial charge in [0.15, 0.2) is 0 Å². The zero-order valence-corrected chi connectivity index (χ0v) is 9.74. The van der Waals surface area contributed by atoms with E-state index in [0.717, 1.165) is 13.0 Å². The van der Waals surface area contributed by atoms with E-state index in [9.17, 15) is 0 Å². The van der Waals surface area contributed by atoms with Gasteiger partial charge in [0.25, 0.3) is 0 Å². The van der Waals surface area contributed by atoms with Gasteiger partial charge in [0.1, 0.15) is 0 Å². The van der Waals surface area contributed by atoms with Crippen molar-refractivity contribution in [3.8, 4) is 0 Å². The van der Waals surface area contributed by atoms with Gasteiger partial charge in [-0.3, -0.25) is 0 Å². The molecule has 1 aromatic carbocycles. The van der Waals surface area contributed by atoms with Crippen LogP contribution >= 0.6 is 0 Å². The minimum Gasteiger partial charge on any atom is -0.382 e. The zero-order valence-electron chi connectivity index (χ0n) is 9.74. The van der Waals surface area contributed by atoms with Crippen LogP contribution in [0.25, 0.3) is 0 Å². The van der Waals surface area contributed by atoms with Crippen LogP contribution in [0.15, 0.2) is 55.1 Å². The summed E-state index contributed by atoms with van der Waals surface area (Å²) in [6.07, 6.45) is 7.09. The second-order valence-electron chi connectivity index (χ2n) is 3.01. The van der Waals surface area contributed by atoms with Gasteiger partial charge in [-0.05, 0) is 25.5 Å². The molecule has 82 valence electrons. The summed E-state index contributed by atoms with van der Waals surface area (Å²) in [5.41, 5.74) is 1.17. The smallest absolute Gasteiger partial charge is 0.0342 e. The third kappa shape index (κ3) is 8.82. The molecule has 1 N–H and O–H groups in total. The van der Waals surface area contributed by atoms with E-state index in [1.807, 2.05) is 37.3 Å². The molecule has 0 aromatic heterocycles. The van der Waals surface area contributed by atoms with Crippen LogP contribution in [0.5, 0.6) is 0 Å². The number of benzene rings is 1. The fourth-order valence-corrected chi connectivity index (χ4v) is 0.851. The Morgan fingerprint density at radius 3 is 2.33 bits per heavy atom. The van der Waals surface area contributed by atoms with Gasteiger partial charge in [0.2, 0.25) is 0 Å². The largest absolute Gasteiger partial charge is 0.382 e. The third-order valence-electron chi connectivity index (χ3n) is 1.72. The first kappa shape index (κ1) is 13.5. The topological polar surface area (TPSA) is 12.0 Å². The molecule has 0 saturated heterocycles. The maximum atomic E-state index is 3.48. The fourth-order valence-electron chi connectivity index (χ4n) is 0.851. The second kappa shape index (κ2) is 10.6. The van der Waals surface area contributed by atoms with Gasteiger partial charge in [-0.2, -0.15) is 0 Å². The fraction of sp³-hybridized carbons (Fsp3) is 0.286. The molecule has 15 heavy (non-hydrogen) atoms. The van der Waals surface area contributed by atoms with Crippen molar-refractivity contribution >= 4 is 5.69 Å². The molecule has 0 saturated carbocycles. The van der Waals surface area contributed by atoms with E-state index in [-0.39, 0.29) is 0 Å². The van der Waals surface area contributed by atoms with Crippen LogP contribution < -0.4 is 5.32 Å². The summed E-state index contributed by atoms with van der Waals surface area (Å²) in [6, 6.07) is 10.2. The highest BCUT2D eigenvalue weighted by Gasteiger charge is 1.83. The lowest BCUT2D eigenvalue weighted by atomic mass is 10.3. The number of anilines is 1. The Morgan fingerprint density at radius 1 is 1.27 bits per heavy atom. The molecule has 0 atom stereocenters. The van der Waals surface area contributed by atoms with E-state index in [1.54, 1.807) is 0 Å². The number of hydrogen-bond acceptors (Lipinski definition) is 1. The maximum absolute atomic E-state index is 3.48. The average Bonchev–Trinajstić information content (AvgIpc) is 2.31. The molecular weight excluding hydrogens is 182 g/mol. The average molecular weight is 203 g/mol. The lowest BCUT2D eigenvalue weighted by molar-refractivity contribution is 1.23. The van der Waals surface area contributed by atoms with Crippen LogP contribution in [0.4, 0.5) is 5.69 Å². The predicted octanol–water partition coefficient (Wildman–Crippen LogP) is 4.26. The molecule has 1 nitrogen and oxygen atoms in total. The van der Waals surface area contributed by atoms with Gasteiger partial charge < -0.3 is 5.32 Å². The lowest BCUT2D eigenvalue weighted by Crippen LogP contribution is -1.96. The Morgan fingerprint density at radius 2 is 1.87 bits per heavy atom. The lowest BCUT2D eigenvalue weighted by Gasteiger charge is -2.00. The van der Waals surface area contributed by atoms with Crippen LogP contribution in [0.1, 0.15) is 20.3 Å². The monoisotopic (exact) mass is 203 g/mol. The van der Waals surface area contributed by atoms with E-state index in [2.05, 4.69) is 37.0 Å². The summed E-state index contributed by atoms with van der Waals surface area (Å²) in [6.45, 7) is 8.47. The molecule has 1 heteroatoms. The maximum Gasteiger partial charge on any atom is 0.0342 e. The number of allylic oxidation sites excluding steroid dienone is 2. The van der Waals surface area contributed by atoms with Crippen LogP contribution in [-0.2, 0) is 0 Å². The first-order valence-electron chi connectivity index (χ1n) is 5.36. The van der Waals surface area contributed by atoms with E-state index in [0.29, 0.717) is 0 Å². The highest BCUT2D eigenvalue weighted by Crippen LogP contribution is 2.03. The van der Waals surface area contributed by atoms with Crippen LogP contribution in [0.2, 0.25) is 0 Å². The molecule has 0 unspecified atom stereocenters. The van der Waals surface area contributed by atoms with Crippen molar-refractivity contribution in [1.82, 2.24) is 0 Å². The SMILES string of the molecule is C/C=C\CNc1ccccc1.C=CCC. The van der Waals surface area contributed by atoms with Crippen LogP contribution in [0.3, 0.4) is 0 Å². The van der Waals surface area contributed by atoms with Crippen molar-refractivity contribution in [2.75, 3.05) is 11.9 Å². The van der Waals surface area contributed by atoms with Gasteiger partial charge >= 0.3 is 0 Å². The van der Waals surface area contributed by atoms with Crippen molar-refractivity contribution in [3.63, 3.8) is 0 Å². The summed E-state index contributed by atoms with van der Waals surface area (Å²) in [4.78, 5) is 0. The molecule has 0 bridgehead atoms. The number of hydrogen-bond donors (Lipinski definition) is 1. The minimum absolute atomic E-state index is 0.903. The highest BCUT2D eigenvalue weighted by atomic mass is 14.8. The van der Waals surface area contributed by atoms with E-state index < -0.39 is 0 Å². The summed E-state index contributed by atoms with van der Waals surface area (Å²) in [7, 11) is 0. The molecule has 0 spiro atoms. The van der Waals surface area contributed by atoms with Crippen molar-refractivity contribution in [2.45, 2.75) is 20.3 Å². The van der Waals surface area contributed by atoms with Gasteiger partial charge in [0.05, 0.1) is 0 Å². The first-order valence-corrected chi connectivity index (χ1v) is 5.36. The van der Waals surface area contributed by atoms with Crippen LogP contribution in [-0.4, -0.2) is 6.54 Å². The number of rotatable bonds is 4. The van der Waals surface area contributed by atoms with Gasteiger partial charge in [-0.1, -0.05) is 43.4 Å². The normalized spacial score (nSPS) is 9.20. The van der Waals surface area contributed by atoms with Crippen molar-refractivity contribution in [3.05, 3.63) is 55.1 Å². The van der Waals surface area contributed by atoms with Gasteiger partial charge in [-0.25, -0.2) is 0 Å². The molecule has 1 rings (SSSR count). The third-order valence-corrected chi connectivity index (χ3v) is 1.72.